The SMILES string of the molecule is CCOC(=O)N1c2ccc(OC)nc2[C@H](c2ccc(Br)cn2)C[C@@]1(N)CC. The second-order valence-corrected chi connectivity index (χ2v) is 7.32. The molecule has 1 aliphatic rings. The molecule has 2 atom stereocenters. The first-order valence-corrected chi connectivity index (χ1v) is 9.65. The van der Waals surface area contributed by atoms with Crippen LogP contribution in [0.4, 0.5) is 10.5 Å². The number of ether oxygens (including phenoxy) is 2. The highest BCUT2D eigenvalue weighted by Crippen LogP contribution is 2.45. The van der Waals surface area contributed by atoms with Gasteiger partial charge < -0.3 is 15.2 Å². The summed E-state index contributed by atoms with van der Waals surface area (Å²) < 4.78 is 11.5. The number of nitrogens with two attached hydrogens (primary N) is 1. The summed E-state index contributed by atoms with van der Waals surface area (Å²) in [4.78, 5) is 23.4. The average molecular weight is 435 g/mol. The highest BCUT2D eigenvalue weighted by Gasteiger charge is 2.46. The zero-order valence-electron chi connectivity index (χ0n) is 15.6. The van der Waals surface area contributed by atoms with Gasteiger partial charge in [0.2, 0.25) is 5.88 Å². The van der Waals surface area contributed by atoms with E-state index < -0.39 is 11.8 Å². The molecular formula is C19H23BrN4O3. The molecule has 0 spiro atoms. The quantitative estimate of drug-likeness (QED) is 0.786. The lowest BCUT2D eigenvalue weighted by Crippen LogP contribution is -2.61. The molecule has 0 fully saturated rings. The van der Waals surface area contributed by atoms with E-state index in [0.717, 1.165) is 10.2 Å². The Bertz CT molecular complexity index is 830. The topological polar surface area (TPSA) is 90.6 Å². The Kier molecular flexibility index (Phi) is 5.67. The number of carbonyl (C=O) groups excluding carboxylic acids is 1. The van der Waals surface area contributed by atoms with Crippen molar-refractivity contribution in [2.24, 2.45) is 5.73 Å². The lowest BCUT2D eigenvalue weighted by Gasteiger charge is -2.46. The second-order valence-electron chi connectivity index (χ2n) is 6.41. The van der Waals surface area contributed by atoms with Crippen molar-refractivity contribution in [1.82, 2.24) is 9.97 Å². The predicted octanol–water partition coefficient (Wildman–Crippen LogP) is 3.81. The van der Waals surface area contributed by atoms with Gasteiger partial charge in [0, 0.05) is 28.3 Å². The highest BCUT2D eigenvalue weighted by atomic mass is 79.9. The van der Waals surface area contributed by atoms with Crippen molar-refractivity contribution in [3.8, 4) is 5.88 Å². The largest absolute Gasteiger partial charge is 0.481 e. The van der Waals surface area contributed by atoms with Crippen LogP contribution in [0.15, 0.2) is 34.9 Å². The van der Waals surface area contributed by atoms with Gasteiger partial charge in [0.25, 0.3) is 0 Å². The normalized spacial score (nSPS) is 21.5. The van der Waals surface area contributed by atoms with E-state index in [9.17, 15) is 4.79 Å². The van der Waals surface area contributed by atoms with Crippen molar-refractivity contribution in [3.05, 3.63) is 46.3 Å². The van der Waals surface area contributed by atoms with Crippen LogP contribution in [0, 0.1) is 0 Å². The Morgan fingerprint density at radius 3 is 2.74 bits per heavy atom. The Hall–Kier alpha value is -2.19. The molecular weight excluding hydrogens is 412 g/mol. The number of nitrogens with zero attached hydrogens (tertiary/aromatic N) is 3. The molecule has 1 amide bonds. The number of anilines is 1. The third kappa shape index (κ3) is 3.64. The Balaban J connectivity index is 2.18. The molecule has 0 bridgehead atoms. The van der Waals surface area contributed by atoms with Crippen LogP contribution in [0.25, 0.3) is 0 Å². The first-order valence-electron chi connectivity index (χ1n) is 8.85. The molecule has 3 rings (SSSR count). The van der Waals surface area contributed by atoms with Gasteiger partial charge in [-0.1, -0.05) is 6.92 Å². The lowest BCUT2D eigenvalue weighted by atomic mass is 9.82. The van der Waals surface area contributed by atoms with Gasteiger partial charge in [0.05, 0.1) is 25.1 Å². The molecule has 2 aromatic heterocycles. The van der Waals surface area contributed by atoms with Crippen LogP contribution in [0.2, 0.25) is 0 Å². The molecule has 8 heteroatoms. The summed E-state index contributed by atoms with van der Waals surface area (Å²) >= 11 is 3.41. The number of hydrogen-bond donors (Lipinski definition) is 1. The van der Waals surface area contributed by atoms with Crippen molar-refractivity contribution < 1.29 is 14.3 Å². The van der Waals surface area contributed by atoms with Gasteiger partial charge in [0.15, 0.2) is 0 Å². The van der Waals surface area contributed by atoms with Crippen LogP contribution in [0.5, 0.6) is 5.88 Å². The molecule has 0 radical (unpaired) electrons. The van der Waals surface area contributed by atoms with Crippen LogP contribution >= 0.6 is 15.9 Å². The number of carbonyl (C=O) groups is 1. The molecule has 27 heavy (non-hydrogen) atoms. The second kappa shape index (κ2) is 7.82. The number of aromatic nitrogens is 2. The molecule has 7 nitrogen and oxygen atoms in total. The van der Waals surface area contributed by atoms with Crippen molar-refractivity contribution in [3.63, 3.8) is 0 Å². The third-order valence-electron chi connectivity index (χ3n) is 4.83. The van der Waals surface area contributed by atoms with Gasteiger partial charge in [-0.3, -0.25) is 9.88 Å². The number of hydrogen-bond acceptors (Lipinski definition) is 6. The smallest absolute Gasteiger partial charge is 0.415 e. The van der Waals surface area contributed by atoms with Gasteiger partial charge in [-0.2, -0.15) is 0 Å². The van der Waals surface area contributed by atoms with E-state index in [4.69, 9.17) is 15.2 Å². The van der Waals surface area contributed by atoms with Crippen LogP contribution in [0.3, 0.4) is 0 Å². The van der Waals surface area contributed by atoms with Gasteiger partial charge in [-0.05, 0) is 53.9 Å². The van der Waals surface area contributed by atoms with E-state index in [1.54, 1.807) is 32.4 Å². The fourth-order valence-electron chi connectivity index (χ4n) is 3.40. The Morgan fingerprint density at radius 2 is 2.15 bits per heavy atom. The van der Waals surface area contributed by atoms with E-state index in [2.05, 4.69) is 25.9 Å². The molecule has 3 heterocycles. The summed E-state index contributed by atoms with van der Waals surface area (Å²) in [7, 11) is 1.56. The molecule has 144 valence electrons. The van der Waals surface area contributed by atoms with Crippen LogP contribution < -0.4 is 15.4 Å². The monoisotopic (exact) mass is 434 g/mol. The fourth-order valence-corrected chi connectivity index (χ4v) is 3.63. The van der Waals surface area contributed by atoms with Crippen molar-refractivity contribution in [2.45, 2.75) is 38.3 Å². The number of amides is 1. The standard InChI is InChI=1S/C19H23BrN4O3/c1-4-19(21)10-13(14-7-6-12(20)11-22-14)17-15(8-9-16(23-17)26-3)24(19)18(25)27-5-2/h6-9,11,13H,4-5,10,21H2,1-3H3/t13-,19+/m0/s1. The third-order valence-corrected chi connectivity index (χ3v) is 5.30. The zero-order valence-corrected chi connectivity index (χ0v) is 17.2. The van der Waals surface area contributed by atoms with Crippen LogP contribution in [0.1, 0.15) is 44.0 Å². The minimum absolute atomic E-state index is 0.168. The Labute approximate surface area is 167 Å². The summed E-state index contributed by atoms with van der Waals surface area (Å²) in [6, 6.07) is 7.40. The van der Waals surface area contributed by atoms with Crippen LogP contribution in [-0.2, 0) is 4.74 Å². The van der Waals surface area contributed by atoms with E-state index >= 15 is 0 Å². The molecule has 0 saturated heterocycles. The molecule has 2 N–H and O–H groups in total. The van der Waals surface area contributed by atoms with Gasteiger partial charge in [-0.25, -0.2) is 9.78 Å². The summed E-state index contributed by atoms with van der Waals surface area (Å²) in [5.41, 5.74) is 7.96. The molecule has 0 unspecified atom stereocenters. The minimum Gasteiger partial charge on any atom is -0.481 e. The van der Waals surface area contributed by atoms with E-state index in [1.165, 1.54) is 4.90 Å². The molecule has 0 aromatic carbocycles. The maximum Gasteiger partial charge on any atom is 0.415 e. The van der Waals surface area contributed by atoms with Crippen LogP contribution in [-0.4, -0.2) is 35.4 Å². The molecule has 2 aromatic rings. The maximum atomic E-state index is 12.7. The van der Waals surface area contributed by atoms with Crippen molar-refractivity contribution in [2.75, 3.05) is 18.6 Å². The van der Waals surface area contributed by atoms with Gasteiger partial charge >= 0.3 is 6.09 Å². The van der Waals surface area contributed by atoms with Gasteiger partial charge in [-0.15, -0.1) is 0 Å². The summed E-state index contributed by atoms with van der Waals surface area (Å²) in [6.07, 6.45) is 2.31. The number of fused-ring (bicyclic) bond motifs is 1. The van der Waals surface area contributed by atoms with E-state index in [1.807, 2.05) is 19.1 Å². The first-order chi connectivity index (χ1) is 12.9. The predicted molar refractivity (Wildman–Crippen MR) is 106 cm³/mol. The van der Waals surface area contributed by atoms with Crippen molar-refractivity contribution in [1.29, 1.82) is 0 Å². The molecule has 1 aliphatic heterocycles. The first kappa shape index (κ1) is 19.6. The number of rotatable bonds is 4. The lowest BCUT2D eigenvalue weighted by molar-refractivity contribution is 0.146. The van der Waals surface area contributed by atoms with E-state index in [0.29, 0.717) is 30.1 Å². The maximum absolute atomic E-state index is 12.7. The number of methoxy groups -OCH3 is 1. The number of halogens is 1. The summed E-state index contributed by atoms with van der Waals surface area (Å²) in [5.74, 6) is 0.305. The fraction of sp³-hybridized carbons (Fsp3) is 0.421. The zero-order chi connectivity index (χ0) is 19.6. The average Bonchev–Trinajstić information content (AvgIpc) is 2.67. The summed E-state index contributed by atoms with van der Waals surface area (Å²) in [5, 5.41) is 0. The molecule has 0 saturated carbocycles. The Morgan fingerprint density at radius 1 is 1.37 bits per heavy atom. The number of pyridine rings is 2. The van der Waals surface area contributed by atoms with Crippen molar-refractivity contribution >= 4 is 27.7 Å². The van der Waals surface area contributed by atoms with E-state index in [-0.39, 0.29) is 12.5 Å². The highest BCUT2D eigenvalue weighted by molar-refractivity contribution is 9.10. The minimum atomic E-state index is -0.908. The summed E-state index contributed by atoms with van der Waals surface area (Å²) in [6.45, 7) is 4.00. The van der Waals surface area contributed by atoms with Gasteiger partial charge in [0.1, 0.15) is 5.66 Å². The molecule has 0 aliphatic carbocycles.